The van der Waals surface area contributed by atoms with Crippen molar-refractivity contribution in [3.63, 3.8) is 0 Å². The first-order valence-corrected chi connectivity index (χ1v) is 10.3. The number of halogens is 4. The number of rotatable bonds is 3. The molecule has 0 fully saturated rings. The smallest absolute Gasteiger partial charge is 0.388 e. The van der Waals surface area contributed by atoms with E-state index in [1.165, 1.54) is 12.1 Å². The molecule has 2 aromatic rings. The number of pyridine rings is 1. The number of nitrogens with zero attached hydrogens (tertiary/aromatic N) is 1. The maximum absolute atomic E-state index is 12.8. The lowest BCUT2D eigenvalue weighted by atomic mass is 9.74. The molecule has 1 heterocycles. The van der Waals surface area contributed by atoms with Crippen LogP contribution in [-0.4, -0.2) is 15.2 Å². The number of hydrogen-bond acceptors (Lipinski definition) is 3. The van der Waals surface area contributed by atoms with Crippen LogP contribution in [0.5, 0.6) is 0 Å². The molecule has 0 spiro atoms. The topological polar surface area (TPSA) is 53.4 Å². The van der Waals surface area contributed by atoms with E-state index in [2.05, 4.69) is 36.4 Å². The van der Waals surface area contributed by atoms with Gasteiger partial charge in [-0.25, -0.2) is 0 Å². The molecule has 7 heteroatoms. The number of aryl methyl sites for hydroxylation is 1. The Morgan fingerprint density at radius 1 is 1.25 bits per heavy atom. The van der Waals surface area contributed by atoms with E-state index in [-0.39, 0.29) is 5.41 Å². The minimum Gasteiger partial charge on any atom is -0.388 e. The summed E-state index contributed by atoms with van der Waals surface area (Å²) in [5, 5.41) is 21.7. The molecule has 0 saturated carbocycles. The lowest BCUT2D eigenvalue weighted by Gasteiger charge is -2.36. The van der Waals surface area contributed by atoms with Crippen LogP contribution in [0.2, 0.25) is 0 Å². The summed E-state index contributed by atoms with van der Waals surface area (Å²) in [5.74, 6) is 0. The van der Waals surface area contributed by atoms with Crippen LogP contribution in [0.1, 0.15) is 73.0 Å². The van der Waals surface area contributed by atoms with E-state index in [9.17, 15) is 23.4 Å². The van der Waals surface area contributed by atoms with Crippen LogP contribution in [0.25, 0.3) is 0 Å². The van der Waals surface area contributed by atoms with Crippen molar-refractivity contribution in [2.45, 2.75) is 58.4 Å². The van der Waals surface area contributed by atoms with Crippen molar-refractivity contribution in [2.24, 2.45) is 5.41 Å². The van der Waals surface area contributed by atoms with Crippen LogP contribution < -0.4 is 0 Å². The Morgan fingerprint density at radius 2 is 1.86 bits per heavy atom. The van der Waals surface area contributed by atoms with Gasteiger partial charge in [-0.1, -0.05) is 32.9 Å². The molecule has 0 radical (unpaired) electrons. The zero-order chi connectivity index (χ0) is 20.9. The van der Waals surface area contributed by atoms with Gasteiger partial charge in [0.1, 0.15) is 6.10 Å². The quantitative estimate of drug-likeness (QED) is 0.553. The second-order valence-corrected chi connectivity index (χ2v) is 9.16. The Bertz CT molecular complexity index is 879. The lowest BCUT2D eigenvalue weighted by Crippen LogP contribution is -2.29. The summed E-state index contributed by atoms with van der Waals surface area (Å²) in [6.45, 7) is 6.10. The maximum atomic E-state index is 12.8. The van der Waals surface area contributed by atoms with Crippen molar-refractivity contribution in [3.05, 3.63) is 61.5 Å². The van der Waals surface area contributed by atoms with Crippen LogP contribution >= 0.6 is 22.6 Å². The van der Waals surface area contributed by atoms with E-state index in [0.29, 0.717) is 29.7 Å². The normalized spacial score (nSPS) is 20.0. The van der Waals surface area contributed by atoms with Crippen LogP contribution in [0.15, 0.2) is 24.3 Å². The highest BCUT2D eigenvalue weighted by Crippen LogP contribution is 2.44. The fourth-order valence-corrected chi connectivity index (χ4v) is 5.15. The van der Waals surface area contributed by atoms with Gasteiger partial charge in [-0.15, -0.1) is 0 Å². The van der Waals surface area contributed by atoms with Gasteiger partial charge in [-0.05, 0) is 65.0 Å². The largest absolute Gasteiger partial charge is 0.416 e. The van der Waals surface area contributed by atoms with Crippen LogP contribution in [0.3, 0.4) is 0 Å². The van der Waals surface area contributed by atoms with E-state index in [0.717, 1.165) is 33.4 Å². The number of benzene rings is 1. The fourth-order valence-electron chi connectivity index (χ4n) is 3.87. The van der Waals surface area contributed by atoms with Crippen LogP contribution in [-0.2, 0) is 19.0 Å². The highest BCUT2D eigenvalue weighted by molar-refractivity contribution is 14.1. The Kier molecular flexibility index (Phi) is 5.82. The van der Waals surface area contributed by atoms with E-state index in [1.54, 1.807) is 0 Å². The molecular weight excluding hydrogens is 482 g/mol. The Labute approximate surface area is 176 Å². The summed E-state index contributed by atoms with van der Waals surface area (Å²) < 4.78 is 39.2. The second kappa shape index (κ2) is 7.57. The highest BCUT2D eigenvalue weighted by Gasteiger charge is 2.36. The van der Waals surface area contributed by atoms with Crippen molar-refractivity contribution < 1.29 is 23.4 Å². The Hall–Kier alpha value is -1.19. The summed E-state index contributed by atoms with van der Waals surface area (Å²) in [6, 6.07) is 4.53. The summed E-state index contributed by atoms with van der Waals surface area (Å²) in [7, 11) is 0. The van der Waals surface area contributed by atoms with Gasteiger partial charge in [0.25, 0.3) is 0 Å². The molecule has 0 amide bonds. The number of aliphatic hydroxyl groups excluding tert-OH is 2. The van der Waals surface area contributed by atoms with E-state index >= 15 is 0 Å². The molecule has 3 nitrogen and oxygen atoms in total. The first-order chi connectivity index (χ1) is 12.9. The first kappa shape index (κ1) is 21.5. The maximum Gasteiger partial charge on any atom is 0.416 e. The van der Waals surface area contributed by atoms with E-state index in [4.69, 9.17) is 4.98 Å². The molecule has 28 heavy (non-hydrogen) atoms. The van der Waals surface area contributed by atoms with E-state index in [1.807, 2.05) is 6.92 Å². The third-order valence-corrected chi connectivity index (χ3v) is 6.41. The fraction of sp³-hybridized carbons (Fsp3) is 0.476. The van der Waals surface area contributed by atoms with Gasteiger partial charge in [0.15, 0.2) is 0 Å². The third-order valence-electron chi connectivity index (χ3n) is 5.25. The SMILES string of the molecule is CCc1nc2c(c(I)c1[C@@H](O)c1ccc(C(F)(F)F)cc1)C(O)CC(C)(C)C2. The number of fused-ring (bicyclic) bond motifs is 1. The lowest BCUT2D eigenvalue weighted by molar-refractivity contribution is -0.137. The number of aromatic nitrogens is 1. The van der Waals surface area contributed by atoms with Crippen molar-refractivity contribution in [2.75, 3.05) is 0 Å². The zero-order valence-electron chi connectivity index (χ0n) is 15.9. The Morgan fingerprint density at radius 3 is 2.39 bits per heavy atom. The molecular formula is C21H23F3INO2. The first-order valence-electron chi connectivity index (χ1n) is 9.19. The summed E-state index contributed by atoms with van der Waals surface area (Å²) in [4.78, 5) is 4.74. The van der Waals surface area contributed by atoms with Crippen molar-refractivity contribution >= 4 is 22.6 Å². The average molecular weight is 505 g/mol. The predicted octanol–water partition coefficient (Wildman–Crippen LogP) is 5.35. The van der Waals surface area contributed by atoms with Crippen molar-refractivity contribution in [3.8, 4) is 0 Å². The average Bonchev–Trinajstić information content (AvgIpc) is 2.58. The number of alkyl halides is 3. The predicted molar refractivity (Wildman–Crippen MR) is 109 cm³/mol. The van der Waals surface area contributed by atoms with Gasteiger partial charge in [-0.2, -0.15) is 13.2 Å². The number of aliphatic hydroxyl groups is 2. The van der Waals surface area contributed by atoms with Crippen LogP contribution in [0.4, 0.5) is 13.2 Å². The minimum absolute atomic E-state index is 0.0684. The van der Waals surface area contributed by atoms with Gasteiger partial charge >= 0.3 is 6.18 Å². The minimum atomic E-state index is -4.42. The second-order valence-electron chi connectivity index (χ2n) is 8.08. The zero-order valence-corrected chi connectivity index (χ0v) is 18.1. The van der Waals surface area contributed by atoms with Gasteiger partial charge in [-0.3, -0.25) is 4.98 Å². The molecule has 1 aliphatic carbocycles. The number of hydrogen-bond donors (Lipinski definition) is 2. The molecule has 1 aliphatic rings. The monoisotopic (exact) mass is 505 g/mol. The van der Waals surface area contributed by atoms with Crippen molar-refractivity contribution in [1.29, 1.82) is 0 Å². The van der Waals surface area contributed by atoms with Gasteiger partial charge in [0.05, 0.1) is 11.7 Å². The van der Waals surface area contributed by atoms with Gasteiger partial charge in [0, 0.05) is 26.1 Å². The third kappa shape index (κ3) is 4.07. The molecule has 0 aliphatic heterocycles. The molecule has 0 bridgehead atoms. The standard InChI is InChI=1S/C21H23F3INO2/c1-4-13-17(19(28)11-5-7-12(8-6-11)21(22,23)24)18(25)16-14(26-13)9-20(2,3)10-15(16)27/h5-8,15,19,27-28H,4,9-10H2,1-3H3/t15?,19-/m0/s1. The Balaban J connectivity index is 2.08. The summed E-state index contributed by atoms with van der Waals surface area (Å²) in [5.41, 5.74) is 2.40. The summed E-state index contributed by atoms with van der Waals surface area (Å²) in [6.07, 6.45) is -4.30. The molecule has 0 saturated heterocycles. The molecule has 2 N–H and O–H groups in total. The molecule has 1 aromatic heterocycles. The molecule has 1 aromatic carbocycles. The van der Waals surface area contributed by atoms with Crippen molar-refractivity contribution in [1.82, 2.24) is 4.98 Å². The van der Waals surface area contributed by atoms with Gasteiger partial charge < -0.3 is 10.2 Å². The molecule has 152 valence electrons. The molecule has 2 atom stereocenters. The van der Waals surface area contributed by atoms with Gasteiger partial charge in [0.2, 0.25) is 0 Å². The van der Waals surface area contributed by atoms with Crippen LogP contribution in [0, 0.1) is 8.99 Å². The molecule has 3 rings (SSSR count). The summed E-state index contributed by atoms with van der Waals surface area (Å²) >= 11 is 2.12. The molecule has 1 unspecified atom stereocenters. The van der Waals surface area contributed by atoms with E-state index < -0.39 is 23.9 Å². The highest BCUT2D eigenvalue weighted by atomic mass is 127.